The van der Waals surface area contributed by atoms with E-state index in [9.17, 15) is 0 Å². The van der Waals surface area contributed by atoms with Crippen molar-refractivity contribution in [2.75, 3.05) is 7.05 Å². The van der Waals surface area contributed by atoms with Crippen LogP contribution in [0.5, 0.6) is 0 Å². The molecule has 0 radical (unpaired) electrons. The number of allylic oxidation sites excluding steroid dienone is 4. The van der Waals surface area contributed by atoms with E-state index >= 15 is 0 Å². The van der Waals surface area contributed by atoms with Crippen molar-refractivity contribution in [2.45, 2.75) is 13.8 Å². The third-order valence-corrected chi connectivity index (χ3v) is 1.31. The second kappa shape index (κ2) is 4.86. The molecule has 0 saturated heterocycles. The minimum Gasteiger partial charge on any atom is -0.388 e. The Hall–Kier alpha value is -0.980. The molecule has 0 atom stereocenters. The van der Waals surface area contributed by atoms with Crippen LogP contribution in [-0.2, 0) is 0 Å². The number of likely N-dealkylation sites (N-methyl/N-ethyl adjacent to an activating group) is 1. The zero-order chi connectivity index (χ0) is 7.98. The lowest BCUT2D eigenvalue weighted by Crippen LogP contribution is -2.04. The molecule has 1 N–H and O–H groups in total. The maximum absolute atomic E-state index is 3.68. The minimum atomic E-state index is 1.08. The molecule has 0 rings (SSSR count). The number of nitrogens with one attached hydrogen (secondary N) is 1. The van der Waals surface area contributed by atoms with Gasteiger partial charge in [-0.3, -0.25) is 0 Å². The molecular formula is C9H15N. The monoisotopic (exact) mass is 137 g/mol. The lowest BCUT2D eigenvalue weighted by Gasteiger charge is -2.01. The van der Waals surface area contributed by atoms with E-state index in [0.29, 0.717) is 0 Å². The van der Waals surface area contributed by atoms with Gasteiger partial charge in [0.1, 0.15) is 0 Å². The first-order chi connectivity index (χ1) is 4.76. The summed E-state index contributed by atoms with van der Waals surface area (Å²) in [7, 11) is 1.89. The molecule has 0 fully saturated rings. The summed E-state index contributed by atoms with van der Waals surface area (Å²) < 4.78 is 0. The van der Waals surface area contributed by atoms with Crippen molar-refractivity contribution < 1.29 is 0 Å². The van der Waals surface area contributed by atoms with Crippen molar-refractivity contribution in [3.8, 4) is 0 Å². The summed E-state index contributed by atoms with van der Waals surface area (Å²) in [6.45, 7) is 7.73. The van der Waals surface area contributed by atoms with Gasteiger partial charge in [0.15, 0.2) is 0 Å². The van der Waals surface area contributed by atoms with Crippen molar-refractivity contribution in [1.29, 1.82) is 0 Å². The highest BCUT2D eigenvalue weighted by Crippen LogP contribution is 2.01. The normalized spacial score (nSPS) is 13.1. The number of rotatable bonds is 3. The first kappa shape index (κ1) is 9.02. The fraction of sp³-hybridized carbons (Fsp3) is 0.333. The standard InChI is InChI=1S/C9H15N/c1-5-7-8(3)9(6-2)10-4/h5-7,10H,2H2,1,3-4H3/b7-5-,9-8+. The third kappa shape index (κ3) is 2.53. The van der Waals surface area contributed by atoms with Crippen LogP contribution in [0.25, 0.3) is 0 Å². The van der Waals surface area contributed by atoms with Gasteiger partial charge >= 0.3 is 0 Å². The fourth-order valence-electron chi connectivity index (χ4n) is 0.800. The highest BCUT2D eigenvalue weighted by Gasteiger charge is 1.88. The van der Waals surface area contributed by atoms with E-state index in [-0.39, 0.29) is 0 Å². The Morgan fingerprint density at radius 2 is 2.10 bits per heavy atom. The maximum atomic E-state index is 3.68. The predicted octanol–water partition coefficient (Wildman–Crippen LogP) is 2.24. The van der Waals surface area contributed by atoms with Gasteiger partial charge in [0.2, 0.25) is 0 Å². The van der Waals surface area contributed by atoms with Crippen LogP contribution in [0.4, 0.5) is 0 Å². The number of hydrogen-bond donors (Lipinski definition) is 1. The highest BCUT2D eigenvalue weighted by atomic mass is 14.8. The molecule has 1 nitrogen and oxygen atoms in total. The third-order valence-electron chi connectivity index (χ3n) is 1.31. The molecular weight excluding hydrogens is 122 g/mol. The summed E-state index contributed by atoms with van der Waals surface area (Å²) in [6.07, 6.45) is 5.87. The molecule has 0 amide bonds. The molecule has 0 aliphatic carbocycles. The Balaban J connectivity index is 4.42. The van der Waals surface area contributed by atoms with Gasteiger partial charge in [0, 0.05) is 12.7 Å². The van der Waals surface area contributed by atoms with Crippen molar-refractivity contribution in [3.63, 3.8) is 0 Å². The van der Waals surface area contributed by atoms with Crippen molar-refractivity contribution >= 4 is 0 Å². The molecule has 56 valence electrons. The second-order valence-corrected chi connectivity index (χ2v) is 2.05. The van der Waals surface area contributed by atoms with Crippen LogP contribution in [0.1, 0.15) is 13.8 Å². The molecule has 0 bridgehead atoms. The van der Waals surface area contributed by atoms with Crippen molar-refractivity contribution in [3.05, 3.63) is 36.1 Å². The van der Waals surface area contributed by atoms with Gasteiger partial charge in [0.25, 0.3) is 0 Å². The lowest BCUT2D eigenvalue weighted by atomic mass is 10.2. The molecule has 0 aromatic carbocycles. The Morgan fingerprint density at radius 1 is 1.50 bits per heavy atom. The van der Waals surface area contributed by atoms with E-state index in [0.717, 1.165) is 5.70 Å². The van der Waals surface area contributed by atoms with Crippen LogP contribution in [-0.4, -0.2) is 7.05 Å². The van der Waals surface area contributed by atoms with Crippen molar-refractivity contribution in [1.82, 2.24) is 5.32 Å². The first-order valence-corrected chi connectivity index (χ1v) is 3.40. The van der Waals surface area contributed by atoms with Crippen LogP contribution >= 0.6 is 0 Å². The van der Waals surface area contributed by atoms with E-state index < -0.39 is 0 Å². The Bertz CT molecular complexity index is 164. The van der Waals surface area contributed by atoms with Gasteiger partial charge in [-0.25, -0.2) is 0 Å². The predicted molar refractivity (Wildman–Crippen MR) is 46.8 cm³/mol. The minimum absolute atomic E-state index is 1.08. The van der Waals surface area contributed by atoms with Crippen LogP contribution < -0.4 is 5.32 Å². The number of hydrogen-bond acceptors (Lipinski definition) is 1. The van der Waals surface area contributed by atoms with E-state index in [1.54, 1.807) is 0 Å². The SMILES string of the molecule is C=C/C(NC)=C(C)\C=C/C. The molecule has 0 aliphatic rings. The van der Waals surface area contributed by atoms with Crippen LogP contribution in [0.15, 0.2) is 36.1 Å². The molecule has 0 aliphatic heterocycles. The summed E-state index contributed by atoms with van der Waals surface area (Å²) in [5.74, 6) is 0. The van der Waals surface area contributed by atoms with E-state index in [2.05, 4.69) is 11.9 Å². The van der Waals surface area contributed by atoms with Gasteiger partial charge < -0.3 is 5.32 Å². The summed E-state index contributed by atoms with van der Waals surface area (Å²) in [5, 5.41) is 3.05. The van der Waals surface area contributed by atoms with Crippen molar-refractivity contribution in [2.24, 2.45) is 0 Å². The molecule has 0 heterocycles. The van der Waals surface area contributed by atoms with Gasteiger partial charge in [0.05, 0.1) is 0 Å². The second-order valence-electron chi connectivity index (χ2n) is 2.05. The summed E-state index contributed by atoms with van der Waals surface area (Å²) >= 11 is 0. The van der Waals surface area contributed by atoms with Gasteiger partial charge in [-0.15, -0.1) is 0 Å². The van der Waals surface area contributed by atoms with E-state index in [4.69, 9.17) is 0 Å². The molecule has 0 spiro atoms. The van der Waals surface area contributed by atoms with E-state index in [1.165, 1.54) is 5.57 Å². The fourth-order valence-corrected chi connectivity index (χ4v) is 0.800. The summed E-state index contributed by atoms with van der Waals surface area (Å²) in [5.41, 5.74) is 2.29. The highest BCUT2D eigenvalue weighted by molar-refractivity contribution is 5.28. The molecule has 1 heteroatoms. The largest absolute Gasteiger partial charge is 0.388 e. The molecule has 0 saturated carbocycles. The summed E-state index contributed by atoms with van der Waals surface area (Å²) in [6, 6.07) is 0. The zero-order valence-corrected chi connectivity index (χ0v) is 6.94. The maximum Gasteiger partial charge on any atom is 0.0361 e. The van der Waals surface area contributed by atoms with Crippen LogP contribution in [0, 0.1) is 0 Å². The average Bonchev–Trinajstić information content (AvgIpc) is 1.91. The molecule has 0 aromatic heterocycles. The molecule has 0 unspecified atom stereocenters. The van der Waals surface area contributed by atoms with E-state index in [1.807, 2.05) is 39.1 Å². The smallest absolute Gasteiger partial charge is 0.0361 e. The molecule has 0 aromatic rings. The Morgan fingerprint density at radius 3 is 2.40 bits per heavy atom. The topological polar surface area (TPSA) is 12.0 Å². The lowest BCUT2D eigenvalue weighted by molar-refractivity contribution is 1.01. The van der Waals surface area contributed by atoms with Crippen LogP contribution in [0.2, 0.25) is 0 Å². The average molecular weight is 137 g/mol. The molecule has 10 heavy (non-hydrogen) atoms. The zero-order valence-electron chi connectivity index (χ0n) is 6.94. The Labute approximate surface area is 63.1 Å². The quantitative estimate of drug-likeness (QED) is 0.588. The Kier molecular flexibility index (Phi) is 4.38. The van der Waals surface area contributed by atoms with Crippen LogP contribution in [0.3, 0.4) is 0 Å². The van der Waals surface area contributed by atoms with Gasteiger partial charge in [-0.05, 0) is 25.5 Å². The first-order valence-electron chi connectivity index (χ1n) is 3.40. The summed E-state index contributed by atoms with van der Waals surface area (Å²) in [4.78, 5) is 0. The van der Waals surface area contributed by atoms with Gasteiger partial charge in [-0.1, -0.05) is 18.7 Å². The van der Waals surface area contributed by atoms with Gasteiger partial charge in [-0.2, -0.15) is 0 Å².